The van der Waals surface area contributed by atoms with E-state index in [1.54, 1.807) is 25.2 Å². The van der Waals surface area contributed by atoms with E-state index in [0.29, 0.717) is 24.4 Å². The lowest BCUT2D eigenvalue weighted by molar-refractivity contribution is 0.0818. The SMILES string of the molecule is CN=C(NCc1cccc(OCC(F)F)c1)NC1CCN(Cc2ccccc2)C(C)C1.I. The van der Waals surface area contributed by atoms with Crippen LogP contribution >= 0.6 is 24.0 Å². The Kier molecular flexibility index (Phi) is 11.2. The Bertz CT molecular complexity index is 838. The van der Waals surface area contributed by atoms with Crippen LogP contribution in [-0.4, -0.2) is 49.6 Å². The third kappa shape index (κ3) is 8.54. The fourth-order valence-electron chi connectivity index (χ4n) is 3.88. The molecule has 176 valence electrons. The van der Waals surface area contributed by atoms with Crippen LogP contribution in [0.15, 0.2) is 59.6 Å². The second-order valence-corrected chi connectivity index (χ2v) is 7.95. The fraction of sp³-hybridized carbons (Fsp3) is 0.458. The highest BCUT2D eigenvalue weighted by Gasteiger charge is 2.25. The van der Waals surface area contributed by atoms with Crippen LogP contribution < -0.4 is 15.4 Å². The molecule has 32 heavy (non-hydrogen) atoms. The van der Waals surface area contributed by atoms with Gasteiger partial charge >= 0.3 is 0 Å². The van der Waals surface area contributed by atoms with Gasteiger partial charge in [0, 0.05) is 38.8 Å². The molecule has 2 aromatic rings. The standard InChI is InChI=1S/C24H32F2N4O.HI/c1-18-13-21(11-12-30(18)16-19-7-4-3-5-8-19)29-24(27-2)28-15-20-9-6-10-22(14-20)31-17-23(25)26;/h3-10,14,18,21,23H,11-13,15-17H2,1-2H3,(H2,27,28,29);1H. The van der Waals surface area contributed by atoms with Gasteiger partial charge in [-0.25, -0.2) is 8.78 Å². The van der Waals surface area contributed by atoms with E-state index in [0.717, 1.165) is 37.5 Å². The van der Waals surface area contributed by atoms with Crippen molar-refractivity contribution >= 4 is 29.9 Å². The van der Waals surface area contributed by atoms with Crippen LogP contribution in [0.5, 0.6) is 5.75 Å². The minimum Gasteiger partial charge on any atom is -0.488 e. The molecule has 2 aromatic carbocycles. The monoisotopic (exact) mass is 558 g/mol. The molecule has 1 aliphatic rings. The van der Waals surface area contributed by atoms with Gasteiger partial charge in [-0.05, 0) is 43.0 Å². The molecule has 1 heterocycles. The number of likely N-dealkylation sites (tertiary alicyclic amines) is 1. The number of hydrogen-bond donors (Lipinski definition) is 2. The molecule has 1 fully saturated rings. The average Bonchev–Trinajstić information content (AvgIpc) is 2.78. The number of alkyl halides is 2. The van der Waals surface area contributed by atoms with Gasteiger partial charge in [0.2, 0.25) is 0 Å². The topological polar surface area (TPSA) is 48.9 Å². The molecule has 0 amide bonds. The maximum Gasteiger partial charge on any atom is 0.272 e. The maximum absolute atomic E-state index is 12.3. The zero-order valence-corrected chi connectivity index (χ0v) is 21.0. The number of piperidine rings is 1. The van der Waals surface area contributed by atoms with E-state index in [9.17, 15) is 8.78 Å². The summed E-state index contributed by atoms with van der Waals surface area (Å²) in [6, 6.07) is 18.6. The van der Waals surface area contributed by atoms with Gasteiger partial charge in [0.1, 0.15) is 12.4 Å². The predicted octanol–water partition coefficient (Wildman–Crippen LogP) is 4.67. The van der Waals surface area contributed by atoms with Crippen molar-refractivity contribution in [3.63, 3.8) is 0 Å². The summed E-state index contributed by atoms with van der Waals surface area (Å²) in [4.78, 5) is 6.86. The number of halogens is 3. The van der Waals surface area contributed by atoms with Crippen LogP contribution in [0, 0.1) is 0 Å². The Morgan fingerprint density at radius 1 is 1.16 bits per heavy atom. The van der Waals surface area contributed by atoms with E-state index in [1.165, 1.54) is 5.56 Å². The molecule has 0 radical (unpaired) electrons. The van der Waals surface area contributed by atoms with Gasteiger partial charge in [0.15, 0.2) is 5.96 Å². The molecule has 1 aliphatic heterocycles. The van der Waals surface area contributed by atoms with Gasteiger partial charge in [-0.3, -0.25) is 9.89 Å². The van der Waals surface area contributed by atoms with Crippen LogP contribution in [0.25, 0.3) is 0 Å². The molecule has 0 aliphatic carbocycles. The van der Waals surface area contributed by atoms with Crippen LogP contribution in [-0.2, 0) is 13.1 Å². The van der Waals surface area contributed by atoms with Gasteiger partial charge < -0.3 is 15.4 Å². The van der Waals surface area contributed by atoms with Crippen molar-refractivity contribution in [1.82, 2.24) is 15.5 Å². The summed E-state index contributed by atoms with van der Waals surface area (Å²) >= 11 is 0. The van der Waals surface area contributed by atoms with Crippen LogP contribution in [0.3, 0.4) is 0 Å². The highest BCUT2D eigenvalue weighted by Crippen LogP contribution is 2.20. The zero-order chi connectivity index (χ0) is 22.1. The summed E-state index contributed by atoms with van der Waals surface area (Å²) in [5.74, 6) is 1.19. The second kappa shape index (κ2) is 13.6. The number of rotatable bonds is 8. The van der Waals surface area contributed by atoms with Crippen molar-refractivity contribution in [2.24, 2.45) is 4.99 Å². The molecular weight excluding hydrogens is 525 g/mol. The number of nitrogens with zero attached hydrogens (tertiary/aromatic N) is 2. The highest BCUT2D eigenvalue weighted by atomic mass is 127. The summed E-state index contributed by atoms with van der Waals surface area (Å²) in [6.45, 7) is 4.23. The van der Waals surface area contributed by atoms with Crippen molar-refractivity contribution in [3.8, 4) is 5.75 Å². The van der Waals surface area contributed by atoms with E-state index in [4.69, 9.17) is 4.74 Å². The summed E-state index contributed by atoms with van der Waals surface area (Å²) in [6.07, 6.45) is -0.384. The van der Waals surface area contributed by atoms with Gasteiger partial charge in [0.25, 0.3) is 6.43 Å². The van der Waals surface area contributed by atoms with Crippen LogP contribution in [0.1, 0.15) is 30.9 Å². The van der Waals surface area contributed by atoms with Gasteiger partial charge in [-0.2, -0.15) is 0 Å². The van der Waals surface area contributed by atoms with Crippen molar-refractivity contribution in [2.45, 2.75) is 51.4 Å². The fourth-order valence-corrected chi connectivity index (χ4v) is 3.88. The molecule has 0 aromatic heterocycles. The quantitative estimate of drug-likeness (QED) is 0.281. The molecule has 0 spiro atoms. The van der Waals surface area contributed by atoms with E-state index in [-0.39, 0.29) is 24.0 Å². The van der Waals surface area contributed by atoms with Crippen LogP contribution in [0.2, 0.25) is 0 Å². The Balaban J connectivity index is 0.00000363. The molecule has 2 atom stereocenters. The third-order valence-corrected chi connectivity index (χ3v) is 5.54. The lowest BCUT2D eigenvalue weighted by atomic mass is 9.97. The molecule has 3 rings (SSSR count). The Hall–Kier alpha value is -1.94. The molecule has 0 saturated carbocycles. The largest absolute Gasteiger partial charge is 0.488 e. The van der Waals surface area contributed by atoms with E-state index < -0.39 is 13.0 Å². The van der Waals surface area contributed by atoms with E-state index in [1.807, 2.05) is 12.1 Å². The molecule has 8 heteroatoms. The number of benzene rings is 2. The van der Waals surface area contributed by atoms with Crippen LogP contribution in [0.4, 0.5) is 8.78 Å². The minimum atomic E-state index is -2.48. The lowest BCUT2D eigenvalue weighted by Gasteiger charge is -2.38. The smallest absolute Gasteiger partial charge is 0.272 e. The van der Waals surface area contributed by atoms with Gasteiger partial charge in [-0.1, -0.05) is 42.5 Å². The molecular formula is C24H33F2IN4O. The van der Waals surface area contributed by atoms with Crippen molar-refractivity contribution in [3.05, 3.63) is 65.7 Å². The Morgan fingerprint density at radius 3 is 2.59 bits per heavy atom. The first-order chi connectivity index (χ1) is 15.0. The van der Waals surface area contributed by atoms with E-state index >= 15 is 0 Å². The first-order valence-corrected chi connectivity index (χ1v) is 10.8. The summed E-state index contributed by atoms with van der Waals surface area (Å²) in [7, 11) is 1.76. The lowest BCUT2D eigenvalue weighted by Crippen LogP contribution is -2.51. The van der Waals surface area contributed by atoms with Gasteiger partial charge in [0.05, 0.1) is 0 Å². The molecule has 2 unspecified atom stereocenters. The molecule has 5 nitrogen and oxygen atoms in total. The normalized spacial score (nSPS) is 19.3. The number of aliphatic imine (C=N–C) groups is 1. The van der Waals surface area contributed by atoms with Crippen molar-refractivity contribution in [2.75, 3.05) is 20.2 Å². The van der Waals surface area contributed by atoms with E-state index in [2.05, 4.69) is 51.7 Å². The number of nitrogens with one attached hydrogen (secondary N) is 2. The molecule has 1 saturated heterocycles. The molecule has 0 bridgehead atoms. The zero-order valence-electron chi connectivity index (χ0n) is 18.6. The van der Waals surface area contributed by atoms with Gasteiger partial charge in [-0.15, -0.1) is 24.0 Å². The Morgan fingerprint density at radius 2 is 1.91 bits per heavy atom. The predicted molar refractivity (Wildman–Crippen MR) is 136 cm³/mol. The molecule has 2 N–H and O–H groups in total. The summed E-state index contributed by atoms with van der Waals surface area (Å²) in [5.41, 5.74) is 2.29. The first kappa shape index (κ1) is 26.3. The Labute approximate surface area is 206 Å². The summed E-state index contributed by atoms with van der Waals surface area (Å²) < 4.78 is 29.8. The highest BCUT2D eigenvalue weighted by molar-refractivity contribution is 14.0. The minimum absolute atomic E-state index is 0. The van der Waals surface area contributed by atoms with Crippen molar-refractivity contribution in [1.29, 1.82) is 0 Å². The summed E-state index contributed by atoms with van der Waals surface area (Å²) in [5, 5.41) is 6.84. The number of ether oxygens (including phenoxy) is 1. The van der Waals surface area contributed by atoms with Crippen molar-refractivity contribution < 1.29 is 13.5 Å². The number of guanidine groups is 1. The average molecular weight is 558 g/mol. The maximum atomic E-state index is 12.3. The third-order valence-electron chi connectivity index (χ3n) is 5.54. The number of hydrogen-bond acceptors (Lipinski definition) is 3. The second-order valence-electron chi connectivity index (χ2n) is 7.95. The first-order valence-electron chi connectivity index (χ1n) is 10.8.